The number of aliphatic hydroxyl groups excluding tert-OH is 1. The first-order valence-corrected chi connectivity index (χ1v) is 9.88. The second kappa shape index (κ2) is 10.0. The van der Waals surface area contributed by atoms with Crippen molar-refractivity contribution in [2.45, 2.75) is 33.3 Å². The number of piperazine rings is 1. The van der Waals surface area contributed by atoms with Crippen LogP contribution >= 0.6 is 0 Å². The molecule has 1 heterocycles. The summed E-state index contributed by atoms with van der Waals surface area (Å²) < 4.78 is 5.30. The van der Waals surface area contributed by atoms with Gasteiger partial charge in [0.05, 0.1) is 12.3 Å². The van der Waals surface area contributed by atoms with Crippen LogP contribution in [0.5, 0.6) is 0 Å². The lowest BCUT2D eigenvalue weighted by Gasteiger charge is -2.35. The van der Waals surface area contributed by atoms with Gasteiger partial charge in [0, 0.05) is 50.7 Å². The lowest BCUT2D eigenvalue weighted by molar-refractivity contribution is 0.0636. The zero-order chi connectivity index (χ0) is 20.7. The molecular formula is C21H33N3O4. The van der Waals surface area contributed by atoms with Gasteiger partial charge in [0.2, 0.25) is 0 Å². The Morgan fingerprint density at radius 2 is 1.75 bits per heavy atom. The van der Waals surface area contributed by atoms with Gasteiger partial charge in [0.1, 0.15) is 5.60 Å². The Kier molecular flexibility index (Phi) is 7.98. The van der Waals surface area contributed by atoms with Crippen molar-refractivity contribution in [3.63, 3.8) is 0 Å². The predicted octanol–water partition coefficient (Wildman–Crippen LogP) is 2.46. The summed E-state index contributed by atoms with van der Waals surface area (Å²) in [6.45, 7) is 12.4. The highest BCUT2D eigenvalue weighted by Crippen LogP contribution is 2.21. The molecule has 1 aliphatic heterocycles. The Labute approximate surface area is 167 Å². The number of para-hydroxylation sites is 1. The molecule has 1 aliphatic rings. The predicted molar refractivity (Wildman–Crippen MR) is 110 cm³/mol. The highest BCUT2D eigenvalue weighted by Gasteiger charge is 2.24. The third-order valence-electron chi connectivity index (χ3n) is 4.69. The zero-order valence-electron chi connectivity index (χ0n) is 17.4. The summed E-state index contributed by atoms with van der Waals surface area (Å²) in [6.07, 6.45) is -0.569. The molecule has 0 aliphatic carbocycles. The molecule has 0 saturated carbocycles. The van der Waals surface area contributed by atoms with E-state index in [1.807, 2.05) is 6.92 Å². The van der Waals surface area contributed by atoms with Crippen LogP contribution < -0.4 is 5.32 Å². The minimum Gasteiger partial charge on any atom is -0.444 e. The average Bonchev–Trinajstić information content (AvgIpc) is 2.62. The SMILES string of the molecule is CC(CN1CCN(CCO)CC1)C(=O)c1ccccc1NC(=O)OC(C)(C)C. The standard InChI is InChI=1S/C21H33N3O4/c1-16(15-24-11-9-23(10-12-24)13-14-25)19(26)17-7-5-6-8-18(17)22-20(27)28-21(2,3)4/h5-8,16,25H,9-15H2,1-4H3,(H,22,27). The van der Waals surface area contributed by atoms with E-state index in [4.69, 9.17) is 9.84 Å². The van der Waals surface area contributed by atoms with Gasteiger partial charge in [-0.3, -0.25) is 15.0 Å². The summed E-state index contributed by atoms with van der Waals surface area (Å²) in [7, 11) is 0. The minimum absolute atomic E-state index is 0.00412. The molecule has 1 fully saturated rings. The van der Waals surface area contributed by atoms with Gasteiger partial charge in [-0.15, -0.1) is 0 Å². The molecule has 7 heteroatoms. The van der Waals surface area contributed by atoms with E-state index in [0.29, 0.717) is 24.3 Å². The van der Waals surface area contributed by atoms with Crippen molar-refractivity contribution in [1.29, 1.82) is 0 Å². The summed E-state index contributed by atoms with van der Waals surface area (Å²) in [5.41, 5.74) is 0.371. The van der Waals surface area contributed by atoms with Crippen LogP contribution in [0.2, 0.25) is 0 Å². The van der Waals surface area contributed by atoms with Gasteiger partial charge in [-0.2, -0.15) is 0 Å². The molecule has 1 aromatic rings. The fourth-order valence-electron chi connectivity index (χ4n) is 3.29. The summed E-state index contributed by atoms with van der Waals surface area (Å²) in [4.78, 5) is 29.6. The van der Waals surface area contributed by atoms with Crippen LogP contribution in [0.3, 0.4) is 0 Å². The summed E-state index contributed by atoms with van der Waals surface area (Å²) >= 11 is 0. The number of hydrogen-bond donors (Lipinski definition) is 2. The molecule has 0 spiro atoms. The molecule has 0 bridgehead atoms. The maximum atomic E-state index is 13.0. The number of rotatable bonds is 7. The summed E-state index contributed by atoms with van der Waals surface area (Å²) in [5.74, 6) is -0.185. The number of carbonyl (C=O) groups is 2. The fraction of sp³-hybridized carbons (Fsp3) is 0.619. The number of hydrogen-bond acceptors (Lipinski definition) is 6. The van der Waals surface area contributed by atoms with Crippen LogP contribution in [0.25, 0.3) is 0 Å². The highest BCUT2D eigenvalue weighted by atomic mass is 16.6. The first-order valence-electron chi connectivity index (χ1n) is 9.88. The van der Waals surface area contributed by atoms with E-state index in [1.54, 1.807) is 45.0 Å². The maximum absolute atomic E-state index is 13.0. The number of nitrogens with one attached hydrogen (secondary N) is 1. The van der Waals surface area contributed by atoms with Gasteiger partial charge in [0.25, 0.3) is 0 Å². The van der Waals surface area contributed by atoms with E-state index < -0.39 is 11.7 Å². The van der Waals surface area contributed by atoms with Gasteiger partial charge in [-0.1, -0.05) is 19.1 Å². The van der Waals surface area contributed by atoms with Crippen molar-refractivity contribution in [2.75, 3.05) is 51.2 Å². The Hall–Kier alpha value is -1.96. The van der Waals surface area contributed by atoms with Crippen LogP contribution in [0.4, 0.5) is 10.5 Å². The van der Waals surface area contributed by atoms with E-state index in [2.05, 4.69) is 15.1 Å². The first-order chi connectivity index (χ1) is 13.2. The molecule has 1 atom stereocenters. The van der Waals surface area contributed by atoms with Crippen LogP contribution in [-0.4, -0.2) is 78.3 Å². The number of Topliss-reactive ketones (excluding diaryl/α,β-unsaturated/α-hetero) is 1. The Morgan fingerprint density at radius 3 is 2.36 bits per heavy atom. The third kappa shape index (κ3) is 6.89. The molecule has 156 valence electrons. The van der Waals surface area contributed by atoms with Gasteiger partial charge in [-0.05, 0) is 32.9 Å². The highest BCUT2D eigenvalue weighted by molar-refractivity contribution is 6.05. The van der Waals surface area contributed by atoms with Crippen molar-refractivity contribution in [1.82, 2.24) is 9.80 Å². The van der Waals surface area contributed by atoms with Gasteiger partial charge in [-0.25, -0.2) is 4.79 Å². The van der Waals surface area contributed by atoms with E-state index in [1.165, 1.54) is 0 Å². The molecule has 1 saturated heterocycles. The molecule has 28 heavy (non-hydrogen) atoms. The number of ketones is 1. The molecule has 1 unspecified atom stereocenters. The van der Waals surface area contributed by atoms with Gasteiger partial charge >= 0.3 is 6.09 Å². The molecular weight excluding hydrogens is 358 g/mol. The maximum Gasteiger partial charge on any atom is 0.412 e. The van der Waals surface area contributed by atoms with Crippen molar-refractivity contribution in [3.05, 3.63) is 29.8 Å². The van der Waals surface area contributed by atoms with Crippen LogP contribution in [0, 0.1) is 5.92 Å². The zero-order valence-corrected chi connectivity index (χ0v) is 17.4. The second-order valence-corrected chi connectivity index (χ2v) is 8.30. The first kappa shape index (κ1) is 22.3. The van der Waals surface area contributed by atoms with Crippen LogP contribution in [0.15, 0.2) is 24.3 Å². The van der Waals surface area contributed by atoms with Gasteiger partial charge in [0.15, 0.2) is 5.78 Å². The minimum atomic E-state index is -0.603. The molecule has 7 nitrogen and oxygen atoms in total. The topological polar surface area (TPSA) is 82.1 Å². The van der Waals surface area contributed by atoms with Crippen LogP contribution in [-0.2, 0) is 4.74 Å². The molecule has 2 N–H and O–H groups in total. The lowest BCUT2D eigenvalue weighted by atomic mass is 9.97. The van der Waals surface area contributed by atoms with Crippen molar-refractivity contribution in [3.8, 4) is 0 Å². The smallest absolute Gasteiger partial charge is 0.412 e. The van der Waals surface area contributed by atoms with Gasteiger partial charge < -0.3 is 14.7 Å². The number of nitrogens with zero attached hydrogens (tertiary/aromatic N) is 2. The van der Waals surface area contributed by atoms with Crippen molar-refractivity contribution >= 4 is 17.6 Å². The number of aliphatic hydroxyl groups is 1. The Balaban J connectivity index is 1.97. The molecule has 1 aromatic carbocycles. The number of β-amino-alcohol motifs (C(OH)–C–C–N with tert-alkyl or cyclic N) is 1. The molecule has 2 rings (SSSR count). The Morgan fingerprint density at radius 1 is 1.14 bits per heavy atom. The van der Waals surface area contributed by atoms with Crippen molar-refractivity contribution in [2.24, 2.45) is 5.92 Å². The fourth-order valence-corrected chi connectivity index (χ4v) is 3.29. The molecule has 0 aromatic heterocycles. The van der Waals surface area contributed by atoms with Crippen molar-refractivity contribution < 1.29 is 19.4 Å². The summed E-state index contributed by atoms with van der Waals surface area (Å²) in [6, 6.07) is 7.05. The molecule has 1 amide bonds. The monoisotopic (exact) mass is 391 g/mol. The quantitative estimate of drug-likeness (QED) is 0.695. The number of benzene rings is 1. The average molecular weight is 392 g/mol. The second-order valence-electron chi connectivity index (χ2n) is 8.30. The number of anilines is 1. The molecule has 0 radical (unpaired) electrons. The van der Waals surface area contributed by atoms with E-state index >= 15 is 0 Å². The van der Waals surface area contributed by atoms with Crippen LogP contribution in [0.1, 0.15) is 38.1 Å². The Bertz CT molecular complexity index is 664. The van der Waals surface area contributed by atoms with E-state index in [-0.39, 0.29) is 18.3 Å². The number of ether oxygens (including phenoxy) is 1. The third-order valence-corrected chi connectivity index (χ3v) is 4.69. The van der Waals surface area contributed by atoms with E-state index in [9.17, 15) is 9.59 Å². The summed E-state index contributed by atoms with van der Waals surface area (Å²) in [5, 5.41) is 11.7. The lowest BCUT2D eigenvalue weighted by Crippen LogP contribution is -2.48. The van der Waals surface area contributed by atoms with E-state index in [0.717, 1.165) is 26.2 Å². The number of carbonyl (C=O) groups excluding carboxylic acids is 2. The number of amides is 1. The normalized spacial score (nSPS) is 17.2. The largest absolute Gasteiger partial charge is 0.444 e.